The molecule has 3 heterocycles. The standard InChI is InChI=1S/C17H27N3O2S.HI/c1-13(14-5-9-23-12-14)10-19-17(18-2)20-6-8-22-16(11-20)15-4-3-7-21-15;/h5,9,12-13,15-16H,3-4,6-8,10-11H2,1-2H3,(H,18,19);1H. The van der Waals surface area contributed by atoms with E-state index in [2.05, 4.69) is 39.0 Å². The van der Waals surface area contributed by atoms with Crippen LogP contribution in [0.5, 0.6) is 0 Å². The number of aliphatic imine (C=N–C) groups is 1. The van der Waals surface area contributed by atoms with Gasteiger partial charge in [0.05, 0.1) is 12.7 Å². The first-order valence-electron chi connectivity index (χ1n) is 8.49. The maximum absolute atomic E-state index is 5.92. The predicted octanol–water partition coefficient (Wildman–Crippen LogP) is 2.92. The molecule has 2 aliphatic heterocycles. The van der Waals surface area contributed by atoms with Crippen molar-refractivity contribution in [3.8, 4) is 0 Å². The quantitative estimate of drug-likeness (QED) is 0.422. The van der Waals surface area contributed by atoms with E-state index in [0.29, 0.717) is 5.92 Å². The van der Waals surface area contributed by atoms with E-state index >= 15 is 0 Å². The molecule has 0 amide bonds. The summed E-state index contributed by atoms with van der Waals surface area (Å²) < 4.78 is 11.7. The van der Waals surface area contributed by atoms with Crippen molar-refractivity contribution in [2.45, 2.75) is 37.9 Å². The van der Waals surface area contributed by atoms with Crippen LogP contribution in [-0.2, 0) is 9.47 Å². The number of nitrogens with zero attached hydrogens (tertiary/aromatic N) is 2. The first kappa shape index (κ1) is 19.9. The van der Waals surface area contributed by atoms with Crippen LogP contribution in [-0.4, -0.2) is 63.0 Å². The number of morpholine rings is 1. The largest absolute Gasteiger partial charge is 0.375 e. The Balaban J connectivity index is 0.00000208. The Hall–Kier alpha value is -0.380. The van der Waals surface area contributed by atoms with Crippen molar-refractivity contribution in [1.82, 2.24) is 10.2 Å². The van der Waals surface area contributed by atoms with Crippen molar-refractivity contribution in [2.75, 3.05) is 39.9 Å². The molecule has 7 heteroatoms. The van der Waals surface area contributed by atoms with Gasteiger partial charge in [0.1, 0.15) is 6.10 Å². The second-order valence-corrected chi connectivity index (χ2v) is 7.07. The highest BCUT2D eigenvalue weighted by molar-refractivity contribution is 14.0. The summed E-state index contributed by atoms with van der Waals surface area (Å²) in [4.78, 5) is 6.77. The molecule has 3 atom stereocenters. The molecular weight excluding hydrogens is 437 g/mol. The van der Waals surface area contributed by atoms with Crippen molar-refractivity contribution in [3.63, 3.8) is 0 Å². The first-order valence-corrected chi connectivity index (χ1v) is 9.43. The molecule has 2 fully saturated rings. The molecule has 0 saturated carbocycles. The number of thiophene rings is 1. The maximum atomic E-state index is 5.92. The Labute approximate surface area is 165 Å². The zero-order chi connectivity index (χ0) is 16.1. The van der Waals surface area contributed by atoms with Crippen LogP contribution < -0.4 is 5.32 Å². The van der Waals surface area contributed by atoms with Gasteiger partial charge in [-0.2, -0.15) is 11.3 Å². The topological polar surface area (TPSA) is 46.1 Å². The summed E-state index contributed by atoms with van der Waals surface area (Å²) in [6.45, 7) is 6.50. The third kappa shape index (κ3) is 5.06. The van der Waals surface area contributed by atoms with E-state index in [4.69, 9.17) is 9.47 Å². The van der Waals surface area contributed by atoms with Gasteiger partial charge in [0.15, 0.2) is 5.96 Å². The highest BCUT2D eigenvalue weighted by Gasteiger charge is 2.32. The lowest BCUT2D eigenvalue weighted by Crippen LogP contribution is -2.53. The molecule has 136 valence electrons. The molecule has 3 rings (SSSR count). The molecule has 1 N–H and O–H groups in total. The van der Waals surface area contributed by atoms with Crippen molar-refractivity contribution < 1.29 is 9.47 Å². The second kappa shape index (κ2) is 9.94. The van der Waals surface area contributed by atoms with Gasteiger partial charge in [-0.3, -0.25) is 4.99 Å². The molecule has 0 spiro atoms. The molecular formula is C17H28IN3O2S. The monoisotopic (exact) mass is 465 g/mol. The van der Waals surface area contributed by atoms with Gasteiger partial charge in [-0.25, -0.2) is 0 Å². The average molecular weight is 465 g/mol. The molecule has 2 saturated heterocycles. The minimum absolute atomic E-state index is 0. The maximum Gasteiger partial charge on any atom is 0.193 e. The highest BCUT2D eigenvalue weighted by atomic mass is 127. The Morgan fingerprint density at radius 2 is 2.25 bits per heavy atom. The molecule has 1 aromatic heterocycles. The van der Waals surface area contributed by atoms with Gasteiger partial charge < -0.3 is 19.7 Å². The van der Waals surface area contributed by atoms with Crippen LogP contribution in [0.3, 0.4) is 0 Å². The summed E-state index contributed by atoms with van der Waals surface area (Å²) in [5.74, 6) is 1.45. The fourth-order valence-corrected chi connectivity index (χ4v) is 4.02. The van der Waals surface area contributed by atoms with Gasteiger partial charge in [0.2, 0.25) is 0 Å². The SMILES string of the molecule is CN=C(NCC(C)c1ccsc1)N1CCOC(C2CCCO2)C1.I. The molecule has 24 heavy (non-hydrogen) atoms. The van der Waals surface area contributed by atoms with E-state index in [-0.39, 0.29) is 36.2 Å². The molecule has 0 radical (unpaired) electrons. The van der Waals surface area contributed by atoms with E-state index in [9.17, 15) is 0 Å². The summed E-state index contributed by atoms with van der Waals surface area (Å²) in [5.41, 5.74) is 1.39. The van der Waals surface area contributed by atoms with E-state index < -0.39 is 0 Å². The molecule has 0 aromatic carbocycles. The zero-order valence-corrected chi connectivity index (χ0v) is 17.6. The Kier molecular flexibility index (Phi) is 8.25. The minimum atomic E-state index is 0. The fraction of sp³-hybridized carbons (Fsp3) is 0.706. The van der Waals surface area contributed by atoms with E-state index in [1.807, 2.05) is 7.05 Å². The van der Waals surface area contributed by atoms with E-state index in [1.54, 1.807) is 11.3 Å². The van der Waals surface area contributed by atoms with Gasteiger partial charge in [0.25, 0.3) is 0 Å². The summed E-state index contributed by atoms with van der Waals surface area (Å²) in [6.07, 6.45) is 2.68. The second-order valence-electron chi connectivity index (χ2n) is 6.29. The Bertz CT molecular complexity index is 506. The zero-order valence-electron chi connectivity index (χ0n) is 14.4. The molecule has 2 aliphatic rings. The number of halogens is 1. The Morgan fingerprint density at radius 1 is 1.42 bits per heavy atom. The van der Waals surface area contributed by atoms with Crippen molar-refractivity contribution >= 4 is 41.3 Å². The molecule has 3 unspecified atom stereocenters. The van der Waals surface area contributed by atoms with Crippen LogP contribution in [0.15, 0.2) is 21.8 Å². The number of hydrogen-bond acceptors (Lipinski definition) is 4. The lowest BCUT2D eigenvalue weighted by atomic mass is 10.1. The van der Waals surface area contributed by atoms with Crippen LogP contribution in [0.4, 0.5) is 0 Å². The van der Waals surface area contributed by atoms with E-state index in [0.717, 1.165) is 51.6 Å². The third-order valence-corrected chi connectivity index (χ3v) is 5.36. The van der Waals surface area contributed by atoms with E-state index in [1.165, 1.54) is 5.56 Å². The predicted molar refractivity (Wildman–Crippen MR) is 110 cm³/mol. The van der Waals surface area contributed by atoms with Crippen LogP contribution in [0.1, 0.15) is 31.2 Å². The molecule has 5 nitrogen and oxygen atoms in total. The number of rotatable bonds is 4. The van der Waals surface area contributed by atoms with Crippen molar-refractivity contribution in [1.29, 1.82) is 0 Å². The van der Waals surface area contributed by atoms with Crippen molar-refractivity contribution in [2.24, 2.45) is 4.99 Å². The normalized spacial score (nSPS) is 26.1. The van der Waals surface area contributed by atoms with Crippen LogP contribution in [0.2, 0.25) is 0 Å². The number of guanidine groups is 1. The number of ether oxygens (including phenoxy) is 2. The lowest BCUT2D eigenvalue weighted by molar-refractivity contribution is -0.0817. The molecule has 0 bridgehead atoms. The average Bonchev–Trinajstić information content (AvgIpc) is 3.29. The first-order chi connectivity index (χ1) is 11.3. The number of nitrogens with one attached hydrogen (secondary N) is 1. The van der Waals surface area contributed by atoms with Gasteiger partial charge >= 0.3 is 0 Å². The van der Waals surface area contributed by atoms with Gasteiger partial charge in [-0.15, -0.1) is 24.0 Å². The summed E-state index contributed by atoms with van der Waals surface area (Å²) in [6, 6.07) is 2.20. The van der Waals surface area contributed by atoms with Crippen LogP contribution in [0.25, 0.3) is 0 Å². The van der Waals surface area contributed by atoms with Gasteiger partial charge in [-0.1, -0.05) is 6.92 Å². The highest BCUT2D eigenvalue weighted by Crippen LogP contribution is 2.21. The van der Waals surface area contributed by atoms with Crippen LogP contribution in [0, 0.1) is 0 Å². The minimum Gasteiger partial charge on any atom is -0.375 e. The third-order valence-electron chi connectivity index (χ3n) is 4.66. The van der Waals surface area contributed by atoms with Crippen LogP contribution >= 0.6 is 35.3 Å². The summed E-state index contributed by atoms with van der Waals surface area (Å²) in [5, 5.41) is 7.88. The fourth-order valence-electron chi connectivity index (χ4n) is 3.24. The number of hydrogen-bond donors (Lipinski definition) is 1. The van der Waals surface area contributed by atoms with Crippen molar-refractivity contribution in [3.05, 3.63) is 22.4 Å². The summed E-state index contributed by atoms with van der Waals surface area (Å²) >= 11 is 1.75. The van der Waals surface area contributed by atoms with Gasteiger partial charge in [-0.05, 0) is 41.1 Å². The molecule has 1 aromatic rings. The smallest absolute Gasteiger partial charge is 0.193 e. The Morgan fingerprint density at radius 3 is 2.92 bits per heavy atom. The summed E-state index contributed by atoms with van der Waals surface area (Å²) in [7, 11) is 1.86. The van der Waals surface area contributed by atoms with Gasteiger partial charge in [0, 0.05) is 33.3 Å². The molecule has 0 aliphatic carbocycles. The lowest BCUT2D eigenvalue weighted by Gasteiger charge is -2.37.